The zero-order valence-electron chi connectivity index (χ0n) is 9.50. The van der Waals surface area contributed by atoms with Crippen LogP contribution in [0.1, 0.15) is 4.88 Å². The zero-order chi connectivity index (χ0) is 16.7. The molecule has 6 nitrogen and oxygen atoms in total. The summed E-state index contributed by atoms with van der Waals surface area (Å²) in [6, 6.07) is 4.07. The minimum atomic E-state index is 1.00. The molecule has 19 heavy (non-hydrogen) atoms. The van der Waals surface area contributed by atoms with E-state index in [2.05, 4.69) is 33.3 Å². The Balaban J connectivity index is -0.0000000557. The van der Waals surface area contributed by atoms with Crippen molar-refractivity contribution < 1.29 is 47.4 Å². The summed E-state index contributed by atoms with van der Waals surface area (Å²) in [6.45, 7) is 22.5. The van der Waals surface area contributed by atoms with E-state index in [9.17, 15) is 0 Å². The van der Waals surface area contributed by atoms with E-state index in [0.29, 0.717) is 0 Å². The van der Waals surface area contributed by atoms with Gasteiger partial charge in [0, 0.05) is 0 Å². The molecule has 0 aliphatic carbocycles. The molecule has 0 saturated carbocycles. The predicted octanol–water partition coefficient (Wildman–Crippen LogP) is 1.23. The maximum absolute atomic E-state index is 7.50. The second-order valence-corrected chi connectivity index (χ2v) is 3.33. The number of methoxy groups -OCH3 is 1. The van der Waals surface area contributed by atoms with Crippen molar-refractivity contribution in [2.24, 2.45) is 0 Å². The summed E-state index contributed by atoms with van der Waals surface area (Å²) < 4.78 is 43.5. The molecule has 1 rings (SSSR count). The van der Waals surface area contributed by atoms with Gasteiger partial charge in [0.25, 0.3) is 0 Å². The van der Waals surface area contributed by atoms with Gasteiger partial charge in [0.15, 0.2) is 0 Å². The molecule has 0 aromatic carbocycles. The first-order valence-corrected chi connectivity index (χ1v) is 5.37. The first-order valence-electron chi connectivity index (χ1n) is 3.48. The quantitative estimate of drug-likeness (QED) is 0.440. The number of rotatable bonds is 2. The average Bonchev–Trinajstić information content (AvgIpc) is 3.11. The van der Waals surface area contributed by atoms with Crippen molar-refractivity contribution in [3.05, 3.63) is 55.6 Å². The summed E-state index contributed by atoms with van der Waals surface area (Å²) in [6.07, 6.45) is 0. The first kappa shape index (κ1) is 30.7. The van der Waals surface area contributed by atoms with E-state index in [1.807, 2.05) is 36.9 Å². The van der Waals surface area contributed by atoms with Gasteiger partial charge in [-0.05, 0) is 0 Å². The van der Waals surface area contributed by atoms with Crippen LogP contribution in [0.4, 0.5) is 0 Å². The SMILES string of the molecule is CO[C](=[Mo])c1cccs1.[C-]#[O+].[C-]#[O+].[C-]#[O+].[C-]#[O+].[C-]#[O+]. The van der Waals surface area contributed by atoms with E-state index in [4.69, 9.17) is 28.0 Å². The molecule has 0 bridgehead atoms. The van der Waals surface area contributed by atoms with Gasteiger partial charge in [-0.1, -0.05) is 0 Å². The summed E-state index contributed by atoms with van der Waals surface area (Å²) in [5.41, 5.74) is 0. The molecule has 1 heterocycles. The Bertz CT molecular complexity index is 339. The van der Waals surface area contributed by atoms with Crippen molar-refractivity contribution in [1.82, 2.24) is 0 Å². The maximum atomic E-state index is 7.50. The predicted molar refractivity (Wildman–Crippen MR) is 55.1 cm³/mol. The Kier molecular flexibility index (Phi) is 70.5. The van der Waals surface area contributed by atoms with Gasteiger partial charge in [-0.3, -0.25) is 0 Å². The Labute approximate surface area is 125 Å². The van der Waals surface area contributed by atoms with E-state index >= 15 is 0 Å². The van der Waals surface area contributed by atoms with Crippen LogP contribution in [0.25, 0.3) is 0 Å². The van der Waals surface area contributed by atoms with Crippen LogP contribution < -0.4 is 0 Å². The second-order valence-electron chi connectivity index (χ2n) is 1.47. The molecule has 0 aliphatic heterocycles. The summed E-state index contributed by atoms with van der Waals surface area (Å²) in [5.74, 6) is 0. The van der Waals surface area contributed by atoms with E-state index in [1.165, 1.54) is 4.88 Å². The average molecular weight is 362 g/mol. The van der Waals surface area contributed by atoms with Gasteiger partial charge in [0.05, 0.1) is 0 Å². The summed E-state index contributed by atoms with van der Waals surface area (Å²) in [4.78, 5) is 1.21. The fraction of sp³-hybridized carbons (Fsp3) is 0.0909. The standard InChI is InChI=1S/C6H6OS.5CO.Mo/c1-7-5-6-3-2-4-8-6;5*1-2;/h2-4H,1H3;;;;;;. The molecule has 0 atom stereocenters. The zero-order valence-corrected chi connectivity index (χ0v) is 12.3. The van der Waals surface area contributed by atoms with Gasteiger partial charge in [-0.25, -0.2) is 0 Å². The molecule has 0 N–H and O–H groups in total. The van der Waals surface area contributed by atoms with Gasteiger partial charge >= 0.3 is 126 Å². The molecular formula is C11H6MoO6S. The summed E-state index contributed by atoms with van der Waals surface area (Å²) in [5, 5.41) is 2.04. The third-order valence-corrected chi connectivity index (χ3v) is 3.07. The van der Waals surface area contributed by atoms with Crippen LogP contribution in [0.3, 0.4) is 0 Å². The van der Waals surface area contributed by atoms with Gasteiger partial charge < -0.3 is 0 Å². The first-order chi connectivity index (χ1) is 9.34. The minimum absolute atomic E-state index is 1.00. The van der Waals surface area contributed by atoms with Crippen LogP contribution in [-0.2, 0) is 47.4 Å². The van der Waals surface area contributed by atoms with Crippen molar-refractivity contribution in [2.75, 3.05) is 7.11 Å². The molecule has 0 radical (unpaired) electrons. The van der Waals surface area contributed by atoms with E-state index < -0.39 is 0 Å². The molecule has 0 saturated heterocycles. The third-order valence-electron chi connectivity index (χ3n) is 0.908. The van der Waals surface area contributed by atoms with Gasteiger partial charge in [-0.15, -0.1) is 0 Å². The molecule has 0 aliphatic rings. The third kappa shape index (κ3) is 26.5. The summed E-state index contributed by atoms with van der Waals surface area (Å²) >= 11 is 3.59. The normalized spacial score (nSPS) is 5.00. The molecule has 98 valence electrons. The van der Waals surface area contributed by atoms with Crippen LogP contribution in [0, 0.1) is 33.3 Å². The number of hydrogen-bond donors (Lipinski definition) is 0. The molecule has 0 amide bonds. The summed E-state index contributed by atoms with van der Waals surface area (Å²) in [7, 11) is 1.69. The monoisotopic (exact) mass is 364 g/mol. The number of thiophene rings is 1. The van der Waals surface area contributed by atoms with Crippen molar-refractivity contribution in [1.29, 1.82) is 0 Å². The topological polar surface area (TPSA) is 109 Å². The molecule has 8 heteroatoms. The Morgan fingerprint density at radius 3 is 1.58 bits per heavy atom. The van der Waals surface area contributed by atoms with Crippen molar-refractivity contribution in [3.63, 3.8) is 0 Å². The van der Waals surface area contributed by atoms with E-state index in [-0.39, 0.29) is 0 Å². The molecule has 0 unspecified atom stereocenters. The fourth-order valence-corrected chi connectivity index (χ4v) is 1.66. The van der Waals surface area contributed by atoms with E-state index in [0.717, 1.165) is 4.08 Å². The molecule has 1 aromatic heterocycles. The second kappa shape index (κ2) is 43.6. The van der Waals surface area contributed by atoms with Crippen LogP contribution >= 0.6 is 11.3 Å². The van der Waals surface area contributed by atoms with Crippen molar-refractivity contribution in [2.45, 2.75) is 0 Å². The Morgan fingerprint density at radius 1 is 1.00 bits per heavy atom. The number of hydrogen-bond acceptors (Lipinski definition) is 2. The fourth-order valence-electron chi connectivity index (χ4n) is 0.495. The number of ether oxygens (including phenoxy) is 1. The molecule has 0 fully saturated rings. The molecular weight excluding hydrogens is 356 g/mol. The van der Waals surface area contributed by atoms with Crippen molar-refractivity contribution in [3.8, 4) is 0 Å². The van der Waals surface area contributed by atoms with Crippen LogP contribution in [0.2, 0.25) is 0 Å². The van der Waals surface area contributed by atoms with Crippen molar-refractivity contribution >= 4 is 15.4 Å². The Morgan fingerprint density at radius 2 is 1.37 bits per heavy atom. The van der Waals surface area contributed by atoms with Crippen LogP contribution in [-0.4, -0.2) is 11.2 Å². The Hall–Kier alpha value is -1.08. The van der Waals surface area contributed by atoms with Gasteiger partial charge in [0.2, 0.25) is 0 Å². The molecule has 0 spiro atoms. The van der Waals surface area contributed by atoms with Gasteiger partial charge in [0.1, 0.15) is 0 Å². The van der Waals surface area contributed by atoms with Crippen LogP contribution in [0.5, 0.6) is 0 Å². The molecule has 1 aromatic rings. The van der Waals surface area contributed by atoms with Gasteiger partial charge in [-0.2, -0.15) is 0 Å². The van der Waals surface area contributed by atoms with Crippen LogP contribution in [0.15, 0.2) is 17.5 Å². The van der Waals surface area contributed by atoms with E-state index in [1.54, 1.807) is 18.4 Å².